The molecule has 1 saturated carbocycles. The molecule has 4 heteroatoms. The maximum absolute atomic E-state index is 13.7. The molecule has 2 nitrogen and oxygen atoms in total. The van der Waals surface area contributed by atoms with E-state index in [2.05, 4.69) is 9.55 Å². The maximum Gasteiger partial charge on any atom is 0.128 e. The third-order valence-corrected chi connectivity index (χ3v) is 4.63. The van der Waals surface area contributed by atoms with Crippen LogP contribution in [0.1, 0.15) is 43.5 Å². The molecule has 1 fully saturated rings. The molecule has 0 radical (unpaired) electrons. The summed E-state index contributed by atoms with van der Waals surface area (Å²) in [5.41, 5.74) is 2.41. The van der Waals surface area contributed by atoms with Crippen molar-refractivity contribution in [3.05, 3.63) is 29.3 Å². The Bertz CT molecular complexity index is 614. The zero-order valence-corrected chi connectivity index (χ0v) is 12.6. The van der Waals surface area contributed by atoms with E-state index in [1.807, 2.05) is 6.07 Å². The first-order valence-electron chi connectivity index (χ1n) is 7.40. The normalized spacial score (nSPS) is 16.9. The molecule has 108 valence electrons. The van der Waals surface area contributed by atoms with Gasteiger partial charge in [-0.25, -0.2) is 9.37 Å². The van der Waals surface area contributed by atoms with Crippen LogP contribution in [-0.2, 0) is 12.4 Å². The van der Waals surface area contributed by atoms with Gasteiger partial charge in [-0.05, 0) is 37.3 Å². The Morgan fingerprint density at radius 1 is 1.30 bits per heavy atom. The van der Waals surface area contributed by atoms with E-state index < -0.39 is 0 Å². The Morgan fingerprint density at radius 2 is 2.05 bits per heavy atom. The minimum atomic E-state index is -0.194. The number of hydrogen-bond donors (Lipinski definition) is 0. The first-order chi connectivity index (χ1) is 9.69. The van der Waals surface area contributed by atoms with Crippen molar-refractivity contribution in [2.75, 3.05) is 0 Å². The lowest BCUT2D eigenvalue weighted by Crippen LogP contribution is -2.15. The van der Waals surface area contributed by atoms with Gasteiger partial charge in [0.1, 0.15) is 11.6 Å². The van der Waals surface area contributed by atoms with Crippen LogP contribution < -0.4 is 0 Å². The average Bonchev–Trinajstić information content (AvgIpc) is 2.78. The van der Waals surface area contributed by atoms with Crippen molar-refractivity contribution < 1.29 is 4.39 Å². The molecule has 2 aromatic rings. The highest BCUT2D eigenvalue weighted by molar-refractivity contribution is 6.16. The lowest BCUT2D eigenvalue weighted by atomic mass is 9.89. The van der Waals surface area contributed by atoms with Gasteiger partial charge >= 0.3 is 0 Å². The summed E-state index contributed by atoms with van der Waals surface area (Å²) in [6, 6.07) is 3.43. The summed E-state index contributed by atoms with van der Waals surface area (Å²) in [5.74, 6) is 1.74. The van der Waals surface area contributed by atoms with Gasteiger partial charge in [0.25, 0.3) is 0 Å². The topological polar surface area (TPSA) is 17.8 Å². The summed E-state index contributed by atoms with van der Waals surface area (Å²) in [6.45, 7) is 2.76. The summed E-state index contributed by atoms with van der Waals surface area (Å²) in [4.78, 5) is 4.49. The first-order valence-corrected chi connectivity index (χ1v) is 7.93. The van der Waals surface area contributed by atoms with E-state index in [0.717, 1.165) is 23.4 Å². The second-order valence-corrected chi connectivity index (χ2v) is 6.13. The largest absolute Gasteiger partial charge is 0.327 e. The lowest BCUT2D eigenvalue weighted by molar-refractivity contribution is 0.320. The van der Waals surface area contributed by atoms with Gasteiger partial charge in [0.05, 0.1) is 16.9 Å². The van der Waals surface area contributed by atoms with Crippen molar-refractivity contribution in [2.24, 2.45) is 5.92 Å². The molecule has 0 spiro atoms. The van der Waals surface area contributed by atoms with E-state index in [1.165, 1.54) is 38.2 Å². The molecule has 0 N–H and O–H groups in total. The van der Waals surface area contributed by atoms with Crippen molar-refractivity contribution in [2.45, 2.75) is 51.5 Å². The molecule has 0 unspecified atom stereocenters. The van der Waals surface area contributed by atoms with Gasteiger partial charge in [-0.1, -0.05) is 19.3 Å². The number of alkyl halides is 1. The molecule has 20 heavy (non-hydrogen) atoms. The van der Waals surface area contributed by atoms with Crippen LogP contribution in [0, 0.1) is 18.7 Å². The van der Waals surface area contributed by atoms with Crippen molar-refractivity contribution in [1.29, 1.82) is 0 Å². The van der Waals surface area contributed by atoms with E-state index in [1.54, 1.807) is 6.92 Å². The number of halogens is 2. The average molecular weight is 295 g/mol. The van der Waals surface area contributed by atoms with E-state index in [-0.39, 0.29) is 5.82 Å². The van der Waals surface area contributed by atoms with Crippen LogP contribution in [0.3, 0.4) is 0 Å². The van der Waals surface area contributed by atoms with Crippen LogP contribution in [0.2, 0.25) is 0 Å². The number of aryl methyl sites for hydroxylation is 1. The summed E-state index contributed by atoms with van der Waals surface area (Å²) in [6.07, 6.45) is 6.55. The highest BCUT2D eigenvalue weighted by Gasteiger charge is 2.18. The molecule has 0 aliphatic heterocycles. The molecule has 0 bridgehead atoms. The van der Waals surface area contributed by atoms with Gasteiger partial charge in [0.2, 0.25) is 0 Å². The maximum atomic E-state index is 13.7. The molecular weight excluding hydrogens is 275 g/mol. The van der Waals surface area contributed by atoms with Crippen LogP contribution in [0.5, 0.6) is 0 Å². The summed E-state index contributed by atoms with van der Waals surface area (Å²) < 4.78 is 15.9. The van der Waals surface area contributed by atoms with Gasteiger partial charge in [-0.2, -0.15) is 0 Å². The molecule has 0 amide bonds. The quantitative estimate of drug-likeness (QED) is 0.743. The standard InChI is InChI=1S/C16H20ClFN2/c1-11-7-15-14(8-13(11)18)19-16(9-17)20(15)10-12-5-3-2-4-6-12/h7-8,12H,2-6,9-10H2,1H3. The number of hydrogen-bond acceptors (Lipinski definition) is 1. The summed E-state index contributed by atoms with van der Waals surface area (Å²) in [7, 11) is 0. The van der Waals surface area contributed by atoms with E-state index in [0.29, 0.717) is 17.4 Å². The number of fused-ring (bicyclic) bond motifs is 1. The van der Waals surface area contributed by atoms with Crippen molar-refractivity contribution in [1.82, 2.24) is 9.55 Å². The molecule has 3 rings (SSSR count). The van der Waals surface area contributed by atoms with Crippen LogP contribution in [0.25, 0.3) is 11.0 Å². The van der Waals surface area contributed by atoms with Gasteiger partial charge in [0, 0.05) is 12.6 Å². The zero-order valence-electron chi connectivity index (χ0n) is 11.8. The smallest absolute Gasteiger partial charge is 0.128 e. The third-order valence-electron chi connectivity index (χ3n) is 4.39. The predicted molar refractivity (Wildman–Crippen MR) is 80.6 cm³/mol. The van der Waals surface area contributed by atoms with E-state index in [4.69, 9.17) is 11.6 Å². The van der Waals surface area contributed by atoms with Gasteiger partial charge in [-0.15, -0.1) is 11.6 Å². The minimum Gasteiger partial charge on any atom is -0.327 e. The van der Waals surface area contributed by atoms with E-state index in [9.17, 15) is 4.39 Å². The van der Waals surface area contributed by atoms with Crippen LogP contribution >= 0.6 is 11.6 Å². The van der Waals surface area contributed by atoms with Crippen molar-refractivity contribution >= 4 is 22.6 Å². The highest BCUT2D eigenvalue weighted by atomic mass is 35.5. The Labute approximate surface area is 123 Å². The highest BCUT2D eigenvalue weighted by Crippen LogP contribution is 2.28. The minimum absolute atomic E-state index is 0.194. The number of rotatable bonds is 3. The lowest BCUT2D eigenvalue weighted by Gasteiger charge is -2.23. The predicted octanol–water partition coefficient (Wildman–Crippen LogP) is 4.80. The van der Waals surface area contributed by atoms with Gasteiger partial charge < -0.3 is 4.57 Å². The molecular formula is C16H20ClFN2. The molecule has 0 saturated heterocycles. The second kappa shape index (κ2) is 5.72. The molecule has 1 aliphatic rings. The fourth-order valence-electron chi connectivity index (χ4n) is 3.23. The number of imidazole rings is 1. The molecule has 1 heterocycles. The molecule has 0 atom stereocenters. The van der Waals surface area contributed by atoms with E-state index >= 15 is 0 Å². The zero-order chi connectivity index (χ0) is 14.1. The Balaban J connectivity index is 2.00. The number of nitrogens with zero attached hydrogens (tertiary/aromatic N) is 2. The Morgan fingerprint density at radius 3 is 2.75 bits per heavy atom. The van der Waals surface area contributed by atoms with Crippen LogP contribution in [0.15, 0.2) is 12.1 Å². The third kappa shape index (κ3) is 2.56. The van der Waals surface area contributed by atoms with Crippen LogP contribution in [0.4, 0.5) is 4.39 Å². The van der Waals surface area contributed by atoms with Gasteiger partial charge in [-0.3, -0.25) is 0 Å². The van der Waals surface area contributed by atoms with Crippen LogP contribution in [-0.4, -0.2) is 9.55 Å². The Kier molecular flexibility index (Phi) is 3.97. The molecule has 1 aromatic heterocycles. The summed E-state index contributed by atoms with van der Waals surface area (Å²) >= 11 is 6.02. The molecule has 1 aromatic carbocycles. The first kappa shape index (κ1) is 13.9. The summed E-state index contributed by atoms with van der Waals surface area (Å²) in [5, 5.41) is 0. The molecule has 1 aliphatic carbocycles. The Hall–Kier alpha value is -1.09. The number of aromatic nitrogens is 2. The van der Waals surface area contributed by atoms with Crippen molar-refractivity contribution in [3.8, 4) is 0 Å². The number of benzene rings is 1. The second-order valence-electron chi connectivity index (χ2n) is 5.87. The van der Waals surface area contributed by atoms with Crippen molar-refractivity contribution in [3.63, 3.8) is 0 Å². The fraction of sp³-hybridized carbons (Fsp3) is 0.562. The monoisotopic (exact) mass is 294 g/mol. The SMILES string of the molecule is Cc1cc2c(cc1F)nc(CCl)n2CC1CCCCC1. The fourth-order valence-corrected chi connectivity index (χ4v) is 3.44. The van der Waals surface area contributed by atoms with Gasteiger partial charge in [0.15, 0.2) is 0 Å².